The maximum absolute atomic E-state index is 12.2. The van der Waals surface area contributed by atoms with E-state index in [2.05, 4.69) is 5.32 Å². The molecular formula is C15H19NO6. The molecule has 0 saturated heterocycles. The van der Waals surface area contributed by atoms with E-state index in [0.29, 0.717) is 12.4 Å². The molecule has 0 aliphatic carbocycles. The van der Waals surface area contributed by atoms with Crippen LogP contribution < -0.4 is 10.1 Å². The molecule has 1 aromatic carbocycles. The van der Waals surface area contributed by atoms with Crippen LogP contribution in [0, 0.1) is 0 Å². The smallest absolute Gasteiger partial charge is 0.329 e. The molecule has 2 N–H and O–H groups in total. The zero-order chi connectivity index (χ0) is 16.5. The van der Waals surface area contributed by atoms with Crippen LogP contribution in [-0.2, 0) is 14.3 Å². The molecule has 1 amide bonds. The molecule has 120 valence electrons. The third-order valence-electron chi connectivity index (χ3n) is 2.73. The average molecular weight is 309 g/mol. The Balaban J connectivity index is 2.79. The Morgan fingerprint density at radius 1 is 1.23 bits per heavy atom. The number of rotatable bonds is 8. The minimum Gasteiger partial charge on any atom is -0.493 e. The van der Waals surface area contributed by atoms with Crippen molar-refractivity contribution in [1.82, 2.24) is 5.32 Å². The molecule has 0 spiro atoms. The van der Waals surface area contributed by atoms with E-state index in [1.165, 1.54) is 6.07 Å². The Morgan fingerprint density at radius 3 is 2.50 bits per heavy atom. The first kappa shape index (κ1) is 17.5. The van der Waals surface area contributed by atoms with E-state index in [0.717, 1.165) is 0 Å². The van der Waals surface area contributed by atoms with Crippen LogP contribution in [0.1, 0.15) is 30.6 Å². The lowest BCUT2D eigenvalue weighted by Gasteiger charge is -2.16. The second-order valence-electron chi connectivity index (χ2n) is 4.33. The van der Waals surface area contributed by atoms with Crippen molar-refractivity contribution in [3.05, 3.63) is 29.8 Å². The highest BCUT2D eigenvalue weighted by Gasteiger charge is 2.23. The molecule has 7 nitrogen and oxygen atoms in total. The number of esters is 1. The summed E-state index contributed by atoms with van der Waals surface area (Å²) in [5, 5.41) is 11.4. The van der Waals surface area contributed by atoms with Crippen LogP contribution >= 0.6 is 0 Å². The first-order valence-corrected chi connectivity index (χ1v) is 6.90. The number of para-hydroxylation sites is 1. The Labute approximate surface area is 128 Å². The third-order valence-corrected chi connectivity index (χ3v) is 2.73. The van der Waals surface area contributed by atoms with Gasteiger partial charge in [0.15, 0.2) is 6.04 Å². The average Bonchev–Trinajstić information content (AvgIpc) is 2.51. The molecule has 1 atom stereocenters. The molecule has 1 rings (SSSR count). The van der Waals surface area contributed by atoms with Crippen molar-refractivity contribution in [3.63, 3.8) is 0 Å². The number of carboxylic acids is 1. The van der Waals surface area contributed by atoms with Gasteiger partial charge in [-0.25, -0.2) is 4.79 Å². The molecule has 0 heterocycles. The number of amides is 1. The second kappa shape index (κ2) is 8.66. The number of benzene rings is 1. The molecule has 0 aliphatic rings. The molecule has 0 radical (unpaired) electrons. The fourth-order valence-electron chi connectivity index (χ4n) is 1.62. The Morgan fingerprint density at radius 2 is 1.91 bits per heavy atom. The van der Waals surface area contributed by atoms with E-state index in [4.69, 9.17) is 14.6 Å². The quantitative estimate of drug-likeness (QED) is 0.700. The summed E-state index contributed by atoms with van der Waals surface area (Å²) >= 11 is 0. The monoisotopic (exact) mass is 309 g/mol. The Kier molecular flexibility index (Phi) is 6.88. The minimum absolute atomic E-state index is 0.132. The van der Waals surface area contributed by atoms with Crippen LogP contribution in [-0.4, -0.2) is 42.2 Å². The second-order valence-corrected chi connectivity index (χ2v) is 4.33. The van der Waals surface area contributed by atoms with E-state index < -0.39 is 30.5 Å². The summed E-state index contributed by atoms with van der Waals surface area (Å²) in [4.78, 5) is 34.4. The Bertz CT molecular complexity index is 543. The van der Waals surface area contributed by atoms with Gasteiger partial charge >= 0.3 is 11.9 Å². The van der Waals surface area contributed by atoms with E-state index in [1.807, 2.05) is 0 Å². The van der Waals surface area contributed by atoms with Crippen LogP contribution in [0.5, 0.6) is 5.75 Å². The topological polar surface area (TPSA) is 102 Å². The molecule has 0 bridgehead atoms. The highest BCUT2D eigenvalue weighted by Crippen LogP contribution is 2.17. The van der Waals surface area contributed by atoms with Crippen LogP contribution in [0.4, 0.5) is 0 Å². The fraction of sp³-hybridized carbons (Fsp3) is 0.400. The van der Waals surface area contributed by atoms with Crippen LogP contribution in [0.15, 0.2) is 24.3 Å². The summed E-state index contributed by atoms with van der Waals surface area (Å²) < 4.78 is 10.1. The standard InChI is InChI=1S/C15H19NO6/c1-3-13(17)22-9-11(15(19)20)16-14(18)10-7-5-6-8-12(10)21-4-2/h5-8,11H,3-4,9H2,1-2H3,(H,16,18)(H,19,20)/t11-/m0/s1. The lowest BCUT2D eigenvalue weighted by Crippen LogP contribution is -2.44. The van der Waals surface area contributed by atoms with Crippen LogP contribution in [0.3, 0.4) is 0 Å². The van der Waals surface area contributed by atoms with E-state index in [-0.39, 0.29) is 12.0 Å². The molecule has 0 aromatic heterocycles. The van der Waals surface area contributed by atoms with Crippen molar-refractivity contribution in [2.24, 2.45) is 0 Å². The fourth-order valence-corrected chi connectivity index (χ4v) is 1.62. The predicted octanol–water partition coefficient (Wildman–Crippen LogP) is 1.22. The van der Waals surface area contributed by atoms with Crippen molar-refractivity contribution >= 4 is 17.8 Å². The van der Waals surface area contributed by atoms with Crippen molar-refractivity contribution < 1.29 is 29.0 Å². The van der Waals surface area contributed by atoms with Gasteiger partial charge in [-0.15, -0.1) is 0 Å². The molecule has 0 saturated carbocycles. The molecular weight excluding hydrogens is 290 g/mol. The largest absolute Gasteiger partial charge is 0.493 e. The number of carbonyl (C=O) groups is 3. The van der Waals surface area contributed by atoms with Gasteiger partial charge in [-0.05, 0) is 19.1 Å². The first-order chi connectivity index (χ1) is 10.5. The number of nitrogens with one attached hydrogen (secondary N) is 1. The molecule has 0 fully saturated rings. The van der Waals surface area contributed by atoms with Crippen LogP contribution in [0.2, 0.25) is 0 Å². The van der Waals surface area contributed by atoms with Gasteiger partial charge in [0.25, 0.3) is 5.91 Å². The number of hydrogen-bond acceptors (Lipinski definition) is 5. The molecule has 22 heavy (non-hydrogen) atoms. The maximum Gasteiger partial charge on any atom is 0.329 e. The van der Waals surface area contributed by atoms with E-state index >= 15 is 0 Å². The lowest BCUT2D eigenvalue weighted by molar-refractivity contribution is -0.148. The van der Waals surface area contributed by atoms with Gasteiger partial charge in [-0.3, -0.25) is 9.59 Å². The number of hydrogen-bond donors (Lipinski definition) is 2. The summed E-state index contributed by atoms with van der Waals surface area (Å²) in [5.41, 5.74) is 0.220. The summed E-state index contributed by atoms with van der Waals surface area (Å²) in [6.07, 6.45) is 0.132. The van der Waals surface area contributed by atoms with Crippen molar-refractivity contribution in [1.29, 1.82) is 0 Å². The van der Waals surface area contributed by atoms with Crippen molar-refractivity contribution in [2.45, 2.75) is 26.3 Å². The normalized spacial score (nSPS) is 11.4. The van der Waals surface area contributed by atoms with Gasteiger partial charge in [0.2, 0.25) is 0 Å². The predicted molar refractivity (Wildman–Crippen MR) is 77.8 cm³/mol. The number of ether oxygens (including phenoxy) is 2. The number of carbonyl (C=O) groups excluding carboxylic acids is 2. The van der Waals surface area contributed by atoms with Crippen LogP contribution in [0.25, 0.3) is 0 Å². The van der Waals surface area contributed by atoms with Gasteiger partial charge in [-0.1, -0.05) is 19.1 Å². The number of carboxylic acid groups (broad SMARTS) is 1. The van der Waals surface area contributed by atoms with Gasteiger partial charge in [0, 0.05) is 6.42 Å². The van der Waals surface area contributed by atoms with E-state index in [9.17, 15) is 14.4 Å². The van der Waals surface area contributed by atoms with Gasteiger partial charge in [-0.2, -0.15) is 0 Å². The van der Waals surface area contributed by atoms with Gasteiger partial charge in [0.05, 0.1) is 12.2 Å². The summed E-state index contributed by atoms with van der Waals surface area (Å²) in [6, 6.07) is 5.17. The highest BCUT2D eigenvalue weighted by atomic mass is 16.5. The number of aliphatic carboxylic acids is 1. The first-order valence-electron chi connectivity index (χ1n) is 6.90. The SMILES string of the molecule is CCOc1ccccc1C(=O)N[C@@H](COC(=O)CC)C(=O)O. The van der Waals surface area contributed by atoms with Gasteiger partial charge in [0.1, 0.15) is 12.4 Å². The zero-order valence-electron chi connectivity index (χ0n) is 12.5. The minimum atomic E-state index is -1.32. The summed E-state index contributed by atoms with van der Waals surface area (Å²) in [7, 11) is 0. The molecule has 7 heteroatoms. The Hall–Kier alpha value is -2.57. The summed E-state index contributed by atoms with van der Waals surface area (Å²) in [5.74, 6) is -2.07. The van der Waals surface area contributed by atoms with Crippen molar-refractivity contribution in [2.75, 3.05) is 13.2 Å². The maximum atomic E-state index is 12.2. The third kappa shape index (κ3) is 5.08. The summed E-state index contributed by atoms with van der Waals surface area (Å²) in [6.45, 7) is 3.32. The molecule has 0 unspecified atom stereocenters. The van der Waals surface area contributed by atoms with Crippen molar-refractivity contribution in [3.8, 4) is 5.75 Å². The molecule has 1 aromatic rings. The lowest BCUT2D eigenvalue weighted by atomic mass is 10.1. The molecule has 0 aliphatic heterocycles. The van der Waals surface area contributed by atoms with Gasteiger partial charge < -0.3 is 19.9 Å². The highest BCUT2D eigenvalue weighted by molar-refractivity contribution is 5.99. The van der Waals surface area contributed by atoms with E-state index in [1.54, 1.807) is 32.0 Å². The zero-order valence-corrected chi connectivity index (χ0v) is 12.5.